The Labute approximate surface area is 187 Å². The lowest BCUT2D eigenvalue weighted by atomic mass is 9.94. The van der Waals surface area contributed by atoms with Crippen molar-refractivity contribution in [2.75, 3.05) is 5.75 Å². The molecule has 2 aromatic rings. The van der Waals surface area contributed by atoms with Crippen molar-refractivity contribution in [3.63, 3.8) is 0 Å². The van der Waals surface area contributed by atoms with Crippen LogP contribution in [0.25, 0.3) is 0 Å². The number of rotatable bonds is 8. The number of thioether (sulfide) groups is 1. The van der Waals surface area contributed by atoms with Crippen LogP contribution in [0.15, 0.2) is 42.5 Å². The topological polar surface area (TPSA) is 32.3 Å². The molecule has 3 atom stereocenters. The molecule has 0 unspecified atom stereocenters. The molecule has 158 valence electrons. The number of nitrogens with one attached hydrogen (secondary N) is 1. The Morgan fingerprint density at radius 2 is 1.79 bits per heavy atom. The second-order valence-electron chi connectivity index (χ2n) is 8.65. The molecule has 2 nitrogen and oxygen atoms in total. The van der Waals surface area contributed by atoms with Gasteiger partial charge in [-0.1, -0.05) is 68.2 Å². The minimum Gasteiger partial charge on any atom is -0.386 e. The number of benzene rings is 2. The van der Waals surface area contributed by atoms with Gasteiger partial charge in [0.25, 0.3) is 0 Å². The second kappa shape index (κ2) is 9.57. The van der Waals surface area contributed by atoms with E-state index in [0.717, 1.165) is 11.3 Å². The van der Waals surface area contributed by atoms with Crippen LogP contribution >= 0.6 is 35.0 Å². The van der Waals surface area contributed by atoms with Crippen LogP contribution in [-0.4, -0.2) is 21.6 Å². The molecule has 6 heteroatoms. The summed E-state index contributed by atoms with van der Waals surface area (Å²) in [5.74, 6) is 0.939. The molecule has 3 rings (SSSR count). The average Bonchev–Trinajstić information content (AvgIpc) is 3.49. The van der Waals surface area contributed by atoms with Gasteiger partial charge in [-0.2, -0.15) is 11.8 Å². The fourth-order valence-corrected chi connectivity index (χ4v) is 4.71. The zero-order chi connectivity index (χ0) is 21.2. The number of aliphatic hydroxyl groups excluding tert-OH is 1. The van der Waals surface area contributed by atoms with Gasteiger partial charge in [0.1, 0.15) is 11.9 Å². The maximum atomic E-state index is 14.7. The van der Waals surface area contributed by atoms with E-state index in [4.69, 9.17) is 23.2 Å². The SMILES string of the molecule is CC(C)(C)SC[C@@H](N[C@H](c1ccc(Cl)cc1)[C@H](O)c1cccc(Cl)c1F)C1CC1. The number of hydrogen-bond donors (Lipinski definition) is 2. The maximum Gasteiger partial charge on any atom is 0.147 e. The first-order valence-corrected chi connectivity index (χ1v) is 11.7. The molecule has 1 fully saturated rings. The molecule has 2 aromatic carbocycles. The summed E-state index contributed by atoms with van der Waals surface area (Å²) in [5.41, 5.74) is 1.07. The summed E-state index contributed by atoms with van der Waals surface area (Å²) >= 11 is 13.9. The largest absolute Gasteiger partial charge is 0.386 e. The summed E-state index contributed by atoms with van der Waals surface area (Å²) in [6, 6.07) is 11.9. The lowest BCUT2D eigenvalue weighted by Gasteiger charge is -2.31. The first-order valence-electron chi connectivity index (χ1n) is 9.93. The van der Waals surface area contributed by atoms with E-state index in [1.807, 2.05) is 23.9 Å². The van der Waals surface area contributed by atoms with Crippen LogP contribution in [0.5, 0.6) is 0 Å². The van der Waals surface area contributed by atoms with E-state index in [-0.39, 0.29) is 21.4 Å². The minimum absolute atomic E-state index is 0.0124. The molecule has 0 heterocycles. The lowest BCUT2D eigenvalue weighted by Crippen LogP contribution is -2.40. The first-order chi connectivity index (χ1) is 13.7. The molecule has 0 spiro atoms. The van der Waals surface area contributed by atoms with Crippen LogP contribution in [0.3, 0.4) is 0 Å². The van der Waals surface area contributed by atoms with Crippen LogP contribution in [0.4, 0.5) is 4.39 Å². The molecule has 1 saturated carbocycles. The Morgan fingerprint density at radius 1 is 1.14 bits per heavy atom. The molecule has 0 bridgehead atoms. The molecular formula is C23H28Cl2FNOS. The number of halogens is 3. The molecular weight excluding hydrogens is 428 g/mol. The molecule has 2 N–H and O–H groups in total. The molecule has 1 aliphatic rings. The third-order valence-corrected chi connectivity index (χ3v) is 7.06. The molecule has 0 radical (unpaired) electrons. The van der Waals surface area contributed by atoms with E-state index in [0.29, 0.717) is 10.9 Å². The summed E-state index contributed by atoms with van der Waals surface area (Å²) in [5, 5.41) is 15.5. The highest BCUT2D eigenvalue weighted by Crippen LogP contribution is 2.40. The smallest absolute Gasteiger partial charge is 0.147 e. The zero-order valence-electron chi connectivity index (χ0n) is 17.0. The summed E-state index contributed by atoms with van der Waals surface area (Å²) in [4.78, 5) is 0. The molecule has 0 aliphatic heterocycles. The van der Waals surface area contributed by atoms with Gasteiger partial charge in [0.05, 0.1) is 11.1 Å². The number of hydrogen-bond acceptors (Lipinski definition) is 3. The van der Waals surface area contributed by atoms with Gasteiger partial charge in [0.2, 0.25) is 0 Å². The van der Waals surface area contributed by atoms with Gasteiger partial charge < -0.3 is 10.4 Å². The summed E-state index contributed by atoms with van der Waals surface area (Å²) in [6.45, 7) is 6.61. The minimum atomic E-state index is -1.07. The predicted molar refractivity (Wildman–Crippen MR) is 122 cm³/mol. The van der Waals surface area contributed by atoms with Gasteiger partial charge >= 0.3 is 0 Å². The van der Waals surface area contributed by atoms with Crippen LogP contribution in [-0.2, 0) is 0 Å². The average molecular weight is 456 g/mol. The molecule has 0 aromatic heterocycles. The third-order valence-electron chi connectivity index (χ3n) is 5.13. The fraction of sp³-hybridized carbons (Fsp3) is 0.478. The zero-order valence-corrected chi connectivity index (χ0v) is 19.3. The predicted octanol–water partition coefficient (Wildman–Crippen LogP) is 6.81. The molecule has 1 aliphatic carbocycles. The maximum absolute atomic E-state index is 14.7. The second-order valence-corrected chi connectivity index (χ2v) is 11.3. The van der Waals surface area contributed by atoms with Crippen LogP contribution in [0.2, 0.25) is 10.0 Å². The van der Waals surface area contributed by atoms with E-state index in [9.17, 15) is 9.50 Å². The Bertz CT molecular complexity index is 821. The van der Waals surface area contributed by atoms with Gasteiger partial charge in [-0.05, 0) is 42.5 Å². The molecule has 29 heavy (non-hydrogen) atoms. The van der Waals surface area contributed by atoms with E-state index < -0.39 is 18.0 Å². The Kier molecular flexibility index (Phi) is 7.56. The Hall–Kier alpha value is -0.780. The fourth-order valence-electron chi connectivity index (χ4n) is 3.36. The van der Waals surface area contributed by atoms with E-state index in [1.165, 1.54) is 18.9 Å². The van der Waals surface area contributed by atoms with Gasteiger partial charge in [-0.15, -0.1) is 0 Å². The van der Waals surface area contributed by atoms with Crippen LogP contribution in [0, 0.1) is 11.7 Å². The summed E-state index contributed by atoms with van der Waals surface area (Å²) in [7, 11) is 0. The number of aliphatic hydroxyl groups is 1. The highest BCUT2D eigenvalue weighted by molar-refractivity contribution is 8.00. The molecule has 0 amide bonds. The highest BCUT2D eigenvalue weighted by atomic mass is 35.5. The van der Waals surface area contributed by atoms with Crippen LogP contribution < -0.4 is 5.32 Å². The monoisotopic (exact) mass is 455 g/mol. The standard InChI is InChI=1S/C23H28Cl2FNOS/c1-23(2,3)29-13-19(14-7-8-14)27-21(15-9-11-16(24)12-10-15)22(28)17-5-4-6-18(25)20(17)26/h4-6,9-12,14,19,21-22,27-28H,7-8,13H2,1-3H3/t19-,21-,22-/m1/s1. The Morgan fingerprint density at radius 3 is 2.38 bits per heavy atom. The van der Waals surface area contributed by atoms with E-state index in [2.05, 4.69) is 26.1 Å². The van der Waals surface area contributed by atoms with E-state index >= 15 is 0 Å². The van der Waals surface area contributed by atoms with Gasteiger partial charge in [-0.25, -0.2) is 4.39 Å². The van der Waals surface area contributed by atoms with Crippen molar-refractivity contribution in [3.05, 3.63) is 69.5 Å². The van der Waals surface area contributed by atoms with Crippen molar-refractivity contribution in [2.24, 2.45) is 5.92 Å². The highest BCUT2D eigenvalue weighted by Gasteiger charge is 2.36. The normalized spacial score (nSPS) is 17.8. The van der Waals surface area contributed by atoms with Crippen molar-refractivity contribution >= 4 is 35.0 Å². The van der Waals surface area contributed by atoms with Crippen molar-refractivity contribution < 1.29 is 9.50 Å². The Balaban J connectivity index is 1.90. The van der Waals surface area contributed by atoms with Crippen molar-refractivity contribution in [1.29, 1.82) is 0 Å². The van der Waals surface area contributed by atoms with Crippen molar-refractivity contribution in [3.8, 4) is 0 Å². The van der Waals surface area contributed by atoms with Gasteiger partial charge in [0.15, 0.2) is 0 Å². The van der Waals surface area contributed by atoms with Gasteiger partial charge in [-0.3, -0.25) is 0 Å². The van der Waals surface area contributed by atoms with Crippen molar-refractivity contribution in [2.45, 2.75) is 56.5 Å². The first kappa shape index (κ1) is 22.9. The van der Waals surface area contributed by atoms with E-state index in [1.54, 1.807) is 24.3 Å². The summed E-state index contributed by atoms with van der Waals surface area (Å²) < 4.78 is 14.8. The summed E-state index contributed by atoms with van der Waals surface area (Å²) in [6.07, 6.45) is 1.28. The van der Waals surface area contributed by atoms with Crippen LogP contribution in [0.1, 0.15) is 56.9 Å². The molecule has 0 saturated heterocycles. The van der Waals surface area contributed by atoms with Gasteiger partial charge in [0, 0.05) is 27.1 Å². The lowest BCUT2D eigenvalue weighted by molar-refractivity contribution is 0.117. The quantitative estimate of drug-likeness (QED) is 0.458. The third kappa shape index (κ3) is 6.35. The van der Waals surface area contributed by atoms with Crippen molar-refractivity contribution in [1.82, 2.24) is 5.32 Å².